The molecule has 21 heavy (non-hydrogen) atoms. The van der Waals surface area contributed by atoms with Crippen LogP contribution in [0.4, 0.5) is 0 Å². The van der Waals surface area contributed by atoms with E-state index in [1.807, 2.05) is 48.1 Å². The first-order valence-electron chi connectivity index (χ1n) is 6.67. The third-order valence-electron chi connectivity index (χ3n) is 3.09. The van der Waals surface area contributed by atoms with E-state index in [1.165, 1.54) is 0 Å². The van der Waals surface area contributed by atoms with Gasteiger partial charge in [-0.25, -0.2) is 0 Å². The lowest BCUT2D eigenvalue weighted by molar-refractivity contribution is 0.793. The third kappa shape index (κ3) is 3.28. The van der Waals surface area contributed by atoms with E-state index < -0.39 is 0 Å². The summed E-state index contributed by atoms with van der Waals surface area (Å²) >= 11 is 1.69. The van der Waals surface area contributed by atoms with Crippen molar-refractivity contribution in [3.63, 3.8) is 0 Å². The van der Waals surface area contributed by atoms with E-state index in [0.29, 0.717) is 0 Å². The van der Waals surface area contributed by atoms with Gasteiger partial charge in [0.1, 0.15) is 0 Å². The Kier molecular flexibility index (Phi) is 4.25. The van der Waals surface area contributed by atoms with Gasteiger partial charge in [-0.15, -0.1) is 10.2 Å². The van der Waals surface area contributed by atoms with Crippen LogP contribution < -0.4 is 0 Å². The Hall–Kier alpha value is -2.21. The summed E-state index contributed by atoms with van der Waals surface area (Å²) in [5.41, 5.74) is 2.12. The van der Waals surface area contributed by atoms with Crippen molar-refractivity contribution in [1.29, 1.82) is 0 Å². The first kappa shape index (κ1) is 13.8. The highest BCUT2D eigenvalue weighted by atomic mass is 32.2. The lowest BCUT2D eigenvalue weighted by Crippen LogP contribution is -1.97. The summed E-state index contributed by atoms with van der Waals surface area (Å²) in [7, 11) is 1.98. The second kappa shape index (κ2) is 6.49. The van der Waals surface area contributed by atoms with Gasteiger partial charge in [-0.1, -0.05) is 17.8 Å². The van der Waals surface area contributed by atoms with E-state index in [-0.39, 0.29) is 0 Å². The van der Waals surface area contributed by atoms with Crippen LogP contribution in [0.15, 0.2) is 54.1 Å². The van der Waals surface area contributed by atoms with E-state index in [0.717, 1.165) is 34.4 Å². The van der Waals surface area contributed by atoms with Gasteiger partial charge in [-0.2, -0.15) is 0 Å². The Labute approximate surface area is 127 Å². The topological polar surface area (TPSA) is 56.5 Å². The minimum absolute atomic E-state index is 0.859. The minimum atomic E-state index is 0.859. The van der Waals surface area contributed by atoms with E-state index in [2.05, 4.69) is 20.2 Å². The molecule has 0 aliphatic heterocycles. The molecular formula is C15H15N5S. The van der Waals surface area contributed by atoms with Gasteiger partial charge in [0.25, 0.3) is 0 Å². The maximum Gasteiger partial charge on any atom is 0.191 e. The van der Waals surface area contributed by atoms with Gasteiger partial charge in [0.15, 0.2) is 11.0 Å². The highest BCUT2D eigenvalue weighted by molar-refractivity contribution is 7.99. The van der Waals surface area contributed by atoms with Gasteiger partial charge < -0.3 is 4.57 Å². The maximum atomic E-state index is 4.32. The summed E-state index contributed by atoms with van der Waals surface area (Å²) in [6, 6.07) is 9.86. The molecule has 106 valence electrons. The molecular weight excluding hydrogens is 282 g/mol. The first-order chi connectivity index (χ1) is 10.3. The molecule has 0 saturated heterocycles. The zero-order valence-corrected chi connectivity index (χ0v) is 12.5. The average molecular weight is 297 g/mol. The monoisotopic (exact) mass is 297 g/mol. The van der Waals surface area contributed by atoms with Gasteiger partial charge in [-0.05, 0) is 30.7 Å². The van der Waals surface area contributed by atoms with E-state index in [9.17, 15) is 0 Å². The Morgan fingerprint density at radius 2 is 1.90 bits per heavy atom. The zero-order chi connectivity index (χ0) is 14.5. The van der Waals surface area contributed by atoms with E-state index in [1.54, 1.807) is 24.2 Å². The summed E-state index contributed by atoms with van der Waals surface area (Å²) in [5.74, 6) is 1.79. The molecule has 0 aliphatic carbocycles. The standard InChI is InChI=1S/C15H15N5S/c1-20-14(12-5-9-16-10-6-12)18-19-15(20)21-11-7-13-4-2-3-8-17-13/h2-6,8-10H,7,11H2,1H3. The van der Waals surface area contributed by atoms with Crippen molar-refractivity contribution < 1.29 is 0 Å². The number of nitrogens with zero attached hydrogens (tertiary/aromatic N) is 5. The maximum absolute atomic E-state index is 4.32. The fourth-order valence-electron chi connectivity index (χ4n) is 1.99. The molecule has 3 aromatic heterocycles. The molecule has 0 saturated carbocycles. The van der Waals surface area contributed by atoms with Crippen molar-refractivity contribution in [2.45, 2.75) is 11.6 Å². The molecule has 3 rings (SSSR count). The number of thioether (sulfide) groups is 1. The average Bonchev–Trinajstić information content (AvgIpc) is 2.90. The molecule has 6 heteroatoms. The van der Waals surface area contributed by atoms with Crippen molar-refractivity contribution in [3.8, 4) is 11.4 Å². The van der Waals surface area contributed by atoms with Crippen LogP contribution in [0.3, 0.4) is 0 Å². The Balaban J connectivity index is 1.66. The molecule has 3 aromatic rings. The van der Waals surface area contributed by atoms with Crippen molar-refractivity contribution in [2.24, 2.45) is 7.05 Å². The number of aromatic nitrogens is 5. The highest BCUT2D eigenvalue weighted by Gasteiger charge is 2.10. The van der Waals surface area contributed by atoms with Crippen LogP contribution in [-0.2, 0) is 13.5 Å². The van der Waals surface area contributed by atoms with Crippen molar-refractivity contribution in [1.82, 2.24) is 24.7 Å². The molecule has 0 N–H and O–H groups in total. The van der Waals surface area contributed by atoms with Crippen LogP contribution in [-0.4, -0.2) is 30.5 Å². The van der Waals surface area contributed by atoms with Gasteiger partial charge in [0.05, 0.1) is 0 Å². The molecule has 0 fully saturated rings. The molecule has 5 nitrogen and oxygen atoms in total. The molecule has 0 aliphatic rings. The SMILES string of the molecule is Cn1c(SCCc2ccccn2)nnc1-c1ccncc1. The largest absolute Gasteiger partial charge is 0.305 e. The molecule has 0 atom stereocenters. The van der Waals surface area contributed by atoms with Gasteiger partial charge in [-0.3, -0.25) is 9.97 Å². The summed E-state index contributed by atoms with van der Waals surface area (Å²) < 4.78 is 2.01. The predicted molar refractivity (Wildman–Crippen MR) is 82.9 cm³/mol. The van der Waals surface area contributed by atoms with Gasteiger partial charge >= 0.3 is 0 Å². The Morgan fingerprint density at radius 1 is 1.05 bits per heavy atom. The summed E-state index contributed by atoms with van der Waals surface area (Å²) in [6.07, 6.45) is 6.27. The smallest absolute Gasteiger partial charge is 0.191 e. The summed E-state index contributed by atoms with van der Waals surface area (Å²) in [4.78, 5) is 8.34. The fraction of sp³-hybridized carbons (Fsp3) is 0.200. The van der Waals surface area contributed by atoms with Gasteiger partial charge in [0.2, 0.25) is 0 Å². The first-order valence-corrected chi connectivity index (χ1v) is 7.65. The second-order valence-corrected chi connectivity index (χ2v) is 5.58. The third-order valence-corrected chi connectivity index (χ3v) is 4.11. The highest BCUT2D eigenvalue weighted by Crippen LogP contribution is 2.22. The lowest BCUT2D eigenvalue weighted by atomic mass is 10.2. The minimum Gasteiger partial charge on any atom is -0.305 e. The van der Waals surface area contributed by atoms with E-state index in [4.69, 9.17) is 0 Å². The van der Waals surface area contributed by atoms with Crippen LogP contribution in [0.5, 0.6) is 0 Å². The lowest BCUT2D eigenvalue weighted by Gasteiger charge is -2.03. The van der Waals surface area contributed by atoms with Crippen LogP contribution in [0, 0.1) is 0 Å². The Bertz CT molecular complexity index is 697. The second-order valence-electron chi connectivity index (χ2n) is 4.52. The number of pyridine rings is 2. The number of rotatable bonds is 5. The molecule has 0 radical (unpaired) electrons. The molecule has 0 unspecified atom stereocenters. The zero-order valence-electron chi connectivity index (χ0n) is 11.7. The molecule has 0 amide bonds. The number of hydrogen-bond acceptors (Lipinski definition) is 5. The van der Waals surface area contributed by atoms with E-state index >= 15 is 0 Å². The molecule has 3 heterocycles. The number of aryl methyl sites for hydroxylation is 1. The number of hydrogen-bond donors (Lipinski definition) is 0. The summed E-state index contributed by atoms with van der Waals surface area (Å²) in [5, 5.41) is 9.43. The molecule has 0 aromatic carbocycles. The van der Waals surface area contributed by atoms with Crippen LogP contribution in [0.1, 0.15) is 5.69 Å². The van der Waals surface area contributed by atoms with Crippen LogP contribution in [0.25, 0.3) is 11.4 Å². The van der Waals surface area contributed by atoms with Crippen LogP contribution >= 0.6 is 11.8 Å². The van der Waals surface area contributed by atoms with Crippen molar-refractivity contribution >= 4 is 11.8 Å². The summed E-state index contributed by atoms with van der Waals surface area (Å²) in [6.45, 7) is 0. The fourth-order valence-corrected chi connectivity index (χ4v) is 2.86. The van der Waals surface area contributed by atoms with Crippen LogP contribution in [0.2, 0.25) is 0 Å². The molecule has 0 spiro atoms. The quantitative estimate of drug-likeness (QED) is 0.678. The van der Waals surface area contributed by atoms with Crippen molar-refractivity contribution in [3.05, 3.63) is 54.6 Å². The van der Waals surface area contributed by atoms with Gasteiger partial charge in [0, 0.05) is 42.6 Å². The molecule has 0 bridgehead atoms. The Morgan fingerprint density at radius 3 is 2.67 bits per heavy atom. The van der Waals surface area contributed by atoms with Crippen molar-refractivity contribution in [2.75, 3.05) is 5.75 Å². The predicted octanol–water partition coefficient (Wildman–Crippen LogP) is 2.61. The normalized spacial score (nSPS) is 10.7.